The van der Waals surface area contributed by atoms with Crippen LogP contribution in [0.2, 0.25) is 5.02 Å². The molecule has 3 aromatic rings. The molecule has 1 aliphatic rings. The van der Waals surface area contributed by atoms with Gasteiger partial charge in [-0.3, -0.25) is 19.5 Å². The van der Waals surface area contributed by atoms with Gasteiger partial charge >= 0.3 is 6.18 Å². The normalized spacial score (nSPS) is 16.1. The number of nitrogens with one attached hydrogen (secondary N) is 2. The SMILES string of the molecule is O=C(C[C@H]1C(=O)Nc2nc3ccccc3n21)Nc1ccc(Cl)c(C(F)(F)F)c1. The van der Waals surface area contributed by atoms with Gasteiger partial charge in [0.15, 0.2) is 0 Å². The first-order chi connectivity index (χ1) is 13.2. The van der Waals surface area contributed by atoms with Crippen LogP contribution in [0.1, 0.15) is 18.0 Å². The molecule has 1 atom stereocenters. The zero-order valence-corrected chi connectivity index (χ0v) is 14.8. The summed E-state index contributed by atoms with van der Waals surface area (Å²) in [6.45, 7) is 0. The summed E-state index contributed by atoms with van der Waals surface area (Å²) in [6.07, 6.45) is -4.91. The molecule has 0 spiro atoms. The number of carbonyl (C=O) groups is 2. The second-order valence-corrected chi connectivity index (χ2v) is 6.65. The van der Waals surface area contributed by atoms with E-state index >= 15 is 0 Å². The van der Waals surface area contributed by atoms with Gasteiger partial charge in [0.05, 0.1) is 28.0 Å². The van der Waals surface area contributed by atoms with Gasteiger partial charge in [0, 0.05) is 5.69 Å². The molecule has 2 amide bonds. The Balaban J connectivity index is 1.56. The molecule has 28 heavy (non-hydrogen) atoms. The first-order valence-corrected chi connectivity index (χ1v) is 8.56. The van der Waals surface area contributed by atoms with Crippen LogP contribution < -0.4 is 10.6 Å². The molecule has 144 valence electrons. The van der Waals surface area contributed by atoms with Crippen molar-refractivity contribution in [3.63, 3.8) is 0 Å². The number of benzene rings is 2. The van der Waals surface area contributed by atoms with Gasteiger partial charge in [0.1, 0.15) is 6.04 Å². The van der Waals surface area contributed by atoms with Crippen molar-refractivity contribution in [1.29, 1.82) is 0 Å². The number of anilines is 2. The summed E-state index contributed by atoms with van der Waals surface area (Å²) in [5, 5.41) is 4.54. The molecule has 0 fully saturated rings. The van der Waals surface area contributed by atoms with E-state index in [1.54, 1.807) is 28.8 Å². The van der Waals surface area contributed by atoms with Crippen molar-refractivity contribution < 1.29 is 22.8 Å². The predicted octanol–water partition coefficient (Wildman–Crippen LogP) is 4.23. The Morgan fingerprint density at radius 3 is 2.75 bits per heavy atom. The summed E-state index contributed by atoms with van der Waals surface area (Å²) in [6, 6.07) is 9.36. The lowest BCUT2D eigenvalue weighted by Crippen LogP contribution is -2.23. The van der Waals surface area contributed by atoms with E-state index in [1.165, 1.54) is 6.07 Å². The third-order valence-electron chi connectivity index (χ3n) is 4.38. The van der Waals surface area contributed by atoms with Crippen LogP contribution in [-0.2, 0) is 15.8 Å². The summed E-state index contributed by atoms with van der Waals surface area (Å²) in [5.41, 5.74) is 0.235. The minimum atomic E-state index is -4.65. The molecular weight excluding hydrogens is 397 g/mol. The Bertz CT molecular complexity index is 1110. The number of halogens is 4. The van der Waals surface area contributed by atoms with Crippen molar-refractivity contribution in [1.82, 2.24) is 9.55 Å². The van der Waals surface area contributed by atoms with E-state index in [9.17, 15) is 22.8 Å². The maximum absolute atomic E-state index is 13.0. The van der Waals surface area contributed by atoms with Gasteiger partial charge in [-0.25, -0.2) is 4.98 Å². The number of nitrogens with zero attached hydrogens (tertiary/aromatic N) is 2. The van der Waals surface area contributed by atoms with Crippen molar-refractivity contribution in [2.45, 2.75) is 18.6 Å². The van der Waals surface area contributed by atoms with E-state index in [-0.39, 0.29) is 12.1 Å². The van der Waals surface area contributed by atoms with Gasteiger partial charge < -0.3 is 5.32 Å². The zero-order chi connectivity index (χ0) is 20.1. The molecule has 2 N–H and O–H groups in total. The number of aromatic nitrogens is 2. The number of fused-ring (bicyclic) bond motifs is 3. The van der Waals surface area contributed by atoms with E-state index in [2.05, 4.69) is 15.6 Å². The average Bonchev–Trinajstić information content (AvgIpc) is 3.11. The number of imidazole rings is 1. The molecule has 6 nitrogen and oxygen atoms in total. The standard InChI is InChI=1S/C18H12ClF3N4O2/c19-11-6-5-9(7-10(11)18(20,21)22)23-15(27)8-14-16(28)25-17-24-12-3-1-2-4-13(12)26(14)17/h1-7,14H,8H2,(H,23,27)(H,24,25,28)/t14-/m0/s1. The largest absolute Gasteiger partial charge is 0.417 e. The Kier molecular flexibility index (Phi) is 4.26. The summed E-state index contributed by atoms with van der Waals surface area (Å²) < 4.78 is 40.5. The number of alkyl halides is 3. The van der Waals surface area contributed by atoms with Crippen LogP contribution in [0.5, 0.6) is 0 Å². The Morgan fingerprint density at radius 1 is 1.25 bits per heavy atom. The van der Waals surface area contributed by atoms with Crippen molar-refractivity contribution >= 4 is 46.1 Å². The predicted molar refractivity (Wildman–Crippen MR) is 97.1 cm³/mol. The fourth-order valence-electron chi connectivity index (χ4n) is 3.15. The summed E-state index contributed by atoms with van der Waals surface area (Å²) >= 11 is 5.58. The molecule has 1 aromatic heterocycles. The molecule has 0 unspecified atom stereocenters. The van der Waals surface area contributed by atoms with Crippen LogP contribution in [0.25, 0.3) is 11.0 Å². The highest BCUT2D eigenvalue weighted by atomic mass is 35.5. The Labute approximate surface area is 161 Å². The highest BCUT2D eigenvalue weighted by Crippen LogP contribution is 2.36. The van der Waals surface area contributed by atoms with Crippen molar-refractivity contribution in [2.75, 3.05) is 10.6 Å². The van der Waals surface area contributed by atoms with Crippen LogP contribution in [0.4, 0.5) is 24.8 Å². The molecule has 0 aliphatic carbocycles. The van der Waals surface area contributed by atoms with E-state index in [1.807, 2.05) is 0 Å². The number of hydrogen-bond acceptors (Lipinski definition) is 3. The maximum atomic E-state index is 13.0. The fraction of sp³-hybridized carbons (Fsp3) is 0.167. The van der Waals surface area contributed by atoms with Gasteiger partial charge in [0.25, 0.3) is 0 Å². The van der Waals surface area contributed by atoms with E-state index in [4.69, 9.17) is 11.6 Å². The third kappa shape index (κ3) is 3.18. The zero-order valence-electron chi connectivity index (χ0n) is 14.0. The molecule has 10 heteroatoms. The first-order valence-electron chi connectivity index (χ1n) is 8.18. The highest BCUT2D eigenvalue weighted by Gasteiger charge is 2.35. The lowest BCUT2D eigenvalue weighted by molar-refractivity contribution is -0.137. The minimum absolute atomic E-state index is 0.0594. The molecule has 1 aliphatic heterocycles. The van der Waals surface area contributed by atoms with Crippen LogP contribution in [0.3, 0.4) is 0 Å². The number of amides is 2. The lowest BCUT2D eigenvalue weighted by Gasteiger charge is -2.14. The number of carbonyl (C=O) groups excluding carboxylic acids is 2. The van der Waals surface area contributed by atoms with Gasteiger partial charge in [-0.15, -0.1) is 0 Å². The molecule has 4 rings (SSSR count). The van der Waals surface area contributed by atoms with Gasteiger partial charge in [-0.1, -0.05) is 23.7 Å². The monoisotopic (exact) mass is 408 g/mol. The van der Waals surface area contributed by atoms with Gasteiger partial charge in [-0.05, 0) is 30.3 Å². The van der Waals surface area contributed by atoms with E-state index in [0.717, 1.165) is 12.1 Å². The minimum Gasteiger partial charge on any atom is -0.326 e. The number of hydrogen-bond donors (Lipinski definition) is 2. The topological polar surface area (TPSA) is 76.0 Å². The first kappa shape index (κ1) is 18.3. The quantitative estimate of drug-likeness (QED) is 0.681. The number of rotatable bonds is 3. The maximum Gasteiger partial charge on any atom is 0.417 e. The molecular formula is C18H12ClF3N4O2. The number of para-hydroxylation sites is 2. The summed E-state index contributed by atoms with van der Waals surface area (Å²) in [5.74, 6) is -0.688. The molecule has 2 aromatic carbocycles. The second kappa shape index (κ2) is 6.52. The average molecular weight is 409 g/mol. The van der Waals surface area contributed by atoms with Gasteiger partial charge in [0.2, 0.25) is 17.8 Å². The van der Waals surface area contributed by atoms with Crippen molar-refractivity contribution in [3.8, 4) is 0 Å². The molecule has 0 saturated carbocycles. The third-order valence-corrected chi connectivity index (χ3v) is 4.71. The van der Waals surface area contributed by atoms with E-state index in [0.29, 0.717) is 17.0 Å². The molecule has 0 saturated heterocycles. The molecule has 0 bridgehead atoms. The Hall–Kier alpha value is -3.07. The van der Waals surface area contributed by atoms with Crippen LogP contribution >= 0.6 is 11.6 Å². The van der Waals surface area contributed by atoms with Crippen LogP contribution in [0.15, 0.2) is 42.5 Å². The summed E-state index contributed by atoms with van der Waals surface area (Å²) in [4.78, 5) is 28.9. The summed E-state index contributed by atoms with van der Waals surface area (Å²) in [7, 11) is 0. The fourth-order valence-corrected chi connectivity index (χ4v) is 3.38. The van der Waals surface area contributed by atoms with Crippen molar-refractivity contribution in [2.24, 2.45) is 0 Å². The highest BCUT2D eigenvalue weighted by molar-refractivity contribution is 6.31. The second-order valence-electron chi connectivity index (χ2n) is 6.24. The smallest absolute Gasteiger partial charge is 0.326 e. The van der Waals surface area contributed by atoms with Crippen LogP contribution in [-0.4, -0.2) is 21.4 Å². The van der Waals surface area contributed by atoms with Crippen LogP contribution in [0, 0.1) is 0 Å². The van der Waals surface area contributed by atoms with Crippen molar-refractivity contribution in [3.05, 3.63) is 53.1 Å². The molecule has 0 radical (unpaired) electrons. The Morgan fingerprint density at radius 2 is 2.00 bits per heavy atom. The van der Waals surface area contributed by atoms with Gasteiger partial charge in [-0.2, -0.15) is 13.2 Å². The molecule has 2 heterocycles. The van der Waals surface area contributed by atoms with E-state index < -0.39 is 34.6 Å². The lowest BCUT2D eigenvalue weighted by atomic mass is 10.1.